The van der Waals surface area contributed by atoms with E-state index in [1.165, 1.54) is 0 Å². The predicted octanol–water partition coefficient (Wildman–Crippen LogP) is -2.67. The molecule has 30 valence electrons. The molecule has 0 aromatic heterocycles. The molecule has 0 nitrogen and oxygen atoms in total. The molecule has 0 aliphatic rings. The van der Waals surface area contributed by atoms with Gasteiger partial charge in [0.05, 0.1) is 0 Å². The topological polar surface area (TPSA) is 0 Å². The van der Waals surface area contributed by atoms with Crippen LogP contribution in [0.5, 0.6) is 0 Å². The molecule has 0 aliphatic heterocycles. The van der Waals surface area contributed by atoms with Gasteiger partial charge in [0.2, 0.25) is 0 Å². The quantitative estimate of drug-likeness (QED) is 0.234. The second-order valence-corrected chi connectivity index (χ2v) is 7.79. The Bertz CT molecular complexity index is 14.9. The van der Waals surface area contributed by atoms with Crippen LogP contribution >= 0.6 is 0 Å². The Morgan fingerprint density at radius 3 is 0.714 bits per heavy atom. The molecule has 7 heavy (non-hydrogen) atoms. The van der Waals surface area contributed by atoms with Crippen LogP contribution < -0.4 is 0 Å². The Morgan fingerprint density at radius 1 is 0.714 bits per heavy atom. The van der Waals surface area contributed by atoms with E-state index in [0.29, 0.717) is 3.15 Å². The van der Waals surface area contributed by atoms with Crippen molar-refractivity contribution >= 4 is 133 Å². The van der Waals surface area contributed by atoms with Crippen molar-refractivity contribution in [3.8, 4) is 0 Å². The molecule has 7 heteroatoms. The van der Waals surface area contributed by atoms with Crippen molar-refractivity contribution in [1.82, 2.24) is 0 Å². The maximum atomic E-state index is 2.79. The van der Waals surface area contributed by atoms with E-state index < -0.39 is 0 Å². The minimum Gasteiger partial charge on any atom is 1.00 e. The third kappa shape index (κ3) is 38.0. The van der Waals surface area contributed by atoms with Gasteiger partial charge < -0.3 is 0 Å². The van der Waals surface area contributed by atoms with Crippen molar-refractivity contribution in [3.05, 3.63) is 0 Å². The molecule has 0 bridgehead atoms. The van der Waals surface area contributed by atoms with Gasteiger partial charge in [-0.05, 0) is 0 Å². The molecule has 0 aromatic carbocycles. The van der Waals surface area contributed by atoms with E-state index in [2.05, 4.69) is 47.5 Å². The second kappa shape index (κ2) is 16.8. The molecule has 0 aromatic rings. The van der Waals surface area contributed by atoms with Crippen molar-refractivity contribution in [2.24, 2.45) is 0 Å². The zero-order valence-corrected chi connectivity index (χ0v) is 22.1. The van der Waals surface area contributed by atoms with E-state index in [1.54, 1.807) is 0 Å². The molecule has 0 amide bonds. The summed E-state index contributed by atoms with van der Waals surface area (Å²) in [5, 5.41) is 0. The van der Waals surface area contributed by atoms with Gasteiger partial charge in [0.15, 0.2) is 0 Å². The van der Waals surface area contributed by atoms with E-state index >= 15 is 0 Å². The zero-order valence-electron chi connectivity index (χ0n) is 3.53. The molecular formula is BSe3Tl3. The molecule has 0 rings (SSSR count). The molecule has 0 unspecified atom stereocenters. The van der Waals surface area contributed by atoms with Crippen LogP contribution in [0.4, 0.5) is 0 Å². The maximum absolute atomic E-state index is 2.79. The summed E-state index contributed by atoms with van der Waals surface area (Å²) in [6.07, 6.45) is 0. The average molecular weight is 861 g/mol. The standard InChI is InChI=1S/BSe3.3Tl/c2-1(3)4;;;/q-3;3*+1. The van der Waals surface area contributed by atoms with Crippen LogP contribution in [-0.2, 0) is 0 Å². The van der Waals surface area contributed by atoms with E-state index in [0.717, 1.165) is 0 Å². The molecule has 0 heterocycles. The zero-order chi connectivity index (χ0) is 3.58. The van der Waals surface area contributed by atoms with Gasteiger partial charge in [0, 0.05) is 0 Å². The summed E-state index contributed by atoms with van der Waals surface area (Å²) >= 11 is 8.38. The van der Waals surface area contributed by atoms with Gasteiger partial charge >= 0.3 is 133 Å². The van der Waals surface area contributed by atoms with Gasteiger partial charge in [-0.2, -0.15) is 0 Å². The van der Waals surface area contributed by atoms with Crippen LogP contribution in [0, 0.1) is 0 Å². The Morgan fingerprint density at radius 2 is 0.714 bits per heavy atom. The Balaban J connectivity index is -0.0000000150. The number of hydrogen-bond donors (Lipinski definition) is 0. The second-order valence-electron chi connectivity index (χ2n) is 0.289. The molecule has 0 radical (unpaired) electrons. The molecule has 0 atom stereocenters. The first kappa shape index (κ1) is 22.5. The molecule has 0 aliphatic carbocycles. The SMILES string of the molecule is [Se-]B([Se-])[Se-].[Tl+].[Tl+].[Tl+]. The number of rotatable bonds is 0. The minimum atomic E-state index is 0. The van der Waals surface area contributed by atoms with Crippen LogP contribution in [0.25, 0.3) is 0 Å². The summed E-state index contributed by atoms with van der Waals surface area (Å²) in [5.74, 6) is 0. The van der Waals surface area contributed by atoms with Gasteiger partial charge in [-0.3, -0.25) is 0 Å². The van der Waals surface area contributed by atoms with Crippen LogP contribution in [0.15, 0.2) is 0 Å². The molecule has 0 spiro atoms. The van der Waals surface area contributed by atoms with Gasteiger partial charge in [-0.1, -0.05) is 0 Å². The van der Waals surface area contributed by atoms with E-state index in [9.17, 15) is 0 Å². The first-order valence-corrected chi connectivity index (χ1v) is 3.67. The molecular weight excluding hydrogens is 861 g/mol. The summed E-state index contributed by atoms with van der Waals surface area (Å²) in [4.78, 5) is 0. The third-order valence-electron chi connectivity index (χ3n) is 0. The van der Waals surface area contributed by atoms with Gasteiger partial charge in [-0.25, -0.2) is 0 Å². The first-order chi connectivity index (χ1) is 1.73. The minimum absolute atomic E-state index is 0. The predicted molar refractivity (Wildman–Crippen MR) is 40.3 cm³/mol. The van der Waals surface area contributed by atoms with Crippen molar-refractivity contribution in [2.45, 2.75) is 0 Å². The normalized spacial score (nSPS) is 3.86. The van der Waals surface area contributed by atoms with E-state index in [4.69, 9.17) is 0 Å². The Labute approximate surface area is 129 Å². The van der Waals surface area contributed by atoms with Crippen LogP contribution in [0.1, 0.15) is 0 Å². The van der Waals surface area contributed by atoms with E-state index in [1.807, 2.05) is 0 Å². The van der Waals surface area contributed by atoms with Gasteiger partial charge in [0.1, 0.15) is 0 Å². The molecule has 0 N–H and O–H groups in total. The smallest absolute Gasteiger partial charge is 1.00 e. The monoisotopic (exact) mass is 866 g/mol. The van der Waals surface area contributed by atoms with Crippen LogP contribution in [0.2, 0.25) is 0 Å². The largest absolute Gasteiger partial charge is 1.00 e. The Kier molecular flexibility index (Phi) is 54.0. The summed E-state index contributed by atoms with van der Waals surface area (Å²) in [5.41, 5.74) is 0. The van der Waals surface area contributed by atoms with Crippen molar-refractivity contribution in [1.29, 1.82) is 0 Å². The molecule has 0 saturated heterocycles. The third-order valence-corrected chi connectivity index (χ3v) is 0. The fourth-order valence-corrected chi connectivity index (χ4v) is 0. The number of hydrogen-bond acceptors (Lipinski definition) is 0. The first-order valence-electron chi connectivity index (χ1n) is 0.707. The van der Waals surface area contributed by atoms with Crippen molar-refractivity contribution in [2.75, 3.05) is 0 Å². The summed E-state index contributed by atoms with van der Waals surface area (Å²) in [7, 11) is 0. The van der Waals surface area contributed by atoms with Gasteiger partial charge in [-0.15, -0.1) is 0 Å². The Hall–Kier alpha value is 4.39. The summed E-state index contributed by atoms with van der Waals surface area (Å²) < 4.78 is 0.458. The van der Waals surface area contributed by atoms with Crippen LogP contribution in [0.3, 0.4) is 0 Å². The fraction of sp³-hybridized carbons (Fsp3) is 0. The maximum Gasteiger partial charge on any atom is 1.00 e. The average Bonchev–Trinajstić information content (AvgIpc) is 0.811. The fourth-order valence-electron chi connectivity index (χ4n) is 0. The van der Waals surface area contributed by atoms with E-state index in [-0.39, 0.29) is 81.9 Å². The molecule has 0 fully saturated rings. The molecule has 0 saturated carbocycles. The van der Waals surface area contributed by atoms with Crippen molar-refractivity contribution < 1.29 is 0 Å². The van der Waals surface area contributed by atoms with Gasteiger partial charge in [0.25, 0.3) is 0 Å². The summed E-state index contributed by atoms with van der Waals surface area (Å²) in [6.45, 7) is 0. The van der Waals surface area contributed by atoms with Crippen LogP contribution in [-0.4, -0.2) is 133 Å². The summed E-state index contributed by atoms with van der Waals surface area (Å²) in [6, 6.07) is 0. The van der Waals surface area contributed by atoms with Crippen molar-refractivity contribution in [3.63, 3.8) is 0 Å².